The number of benzene rings is 1. The molecular formula is C17H19FN2O3S. The number of thiazole rings is 1. The van der Waals surface area contributed by atoms with E-state index in [2.05, 4.69) is 4.98 Å². The van der Waals surface area contributed by atoms with Gasteiger partial charge in [0.2, 0.25) is 0 Å². The molecule has 0 bridgehead atoms. The van der Waals surface area contributed by atoms with Gasteiger partial charge in [0.1, 0.15) is 5.82 Å². The molecule has 0 atom stereocenters. The van der Waals surface area contributed by atoms with Gasteiger partial charge in [0.05, 0.1) is 17.1 Å². The van der Waals surface area contributed by atoms with Gasteiger partial charge in [0, 0.05) is 18.5 Å². The normalized spacial score (nSPS) is 10.5. The van der Waals surface area contributed by atoms with Crippen molar-refractivity contribution in [1.29, 1.82) is 0 Å². The van der Waals surface area contributed by atoms with Crippen LogP contribution < -0.4 is 0 Å². The van der Waals surface area contributed by atoms with Crippen LogP contribution in [-0.2, 0) is 27.3 Å². The largest absolute Gasteiger partial charge is 0.455 e. The Labute approximate surface area is 144 Å². The van der Waals surface area contributed by atoms with Gasteiger partial charge in [-0.1, -0.05) is 12.1 Å². The molecule has 1 aromatic carbocycles. The number of amides is 1. The number of aryl methyl sites for hydroxylation is 1. The van der Waals surface area contributed by atoms with Crippen LogP contribution in [0.4, 0.5) is 4.39 Å². The molecule has 5 nitrogen and oxygen atoms in total. The second-order valence-electron chi connectivity index (χ2n) is 5.23. The Morgan fingerprint density at radius 3 is 2.79 bits per heavy atom. The smallest absolute Gasteiger partial charge is 0.312 e. The lowest BCUT2D eigenvalue weighted by atomic mass is 10.2. The number of hydrogen-bond acceptors (Lipinski definition) is 5. The molecule has 2 rings (SSSR count). The number of halogens is 1. The zero-order chi connectivity index (χ0) is 17.5. The lowest BCUT2D eigenvalue weighted by Gasteiger charge is -2.20. The molecule has 0 unspecified atom stereocenters. The van der Waals surface area contributed by atoms with Crippen LogP contribution >= 0.6 is 11.3 Å². The van der Waals surface area contributed by atoms with Crippen molar-refractivity contribution < 1.29 is 18.7 Å². The Balaban J connectivity index is 1.84. The zero-order valence-corrected chi connectivity index (χ0v) is 14.4. The van der Waals surface area contributed by atoms with E-state index in [0.717, 1.165) is 5.01 Å². The summed E-state index contributed by atoms with van der Waals surface area (Å²) < 4.78 is 18.2. The third-order valence-electron chi connectivity index (χ3n) is 3.35. The molecule has 0 spiro atoms. The highest BCUT2D eigenvalue weighted by atomic mass is 32.1. The average Bonchev–Trinajstić information content (AvgIpc) is 2.95. The Morgan fingerprint density at radius 2 is 2.17 bits per heavy atom. The molecule has 1 amide bonds. The van der Waals surface area contributed by atoms with E-state index in [1.165, 1.54) is 28.4 Å². The van der Waals surface area contributed by atoms with Crippen molar-refractivity contribution in [2.24, 2.45) is 0 Å². The number of nitrogens with zero attached hydrogens (tertiary/aromatic N) is 2. The average molecular weight is 350 g/mol. The fourth-order valence-electron chi connectivity index (χ4n) is 2.15. The van der Waals surface area contributed by atoms with E-state index in [1.807, 2.05) is 13.8 Å². The van der Waals surface area contributed by atoms with Crippen LogP contribution in [0.2, 0.25) is 0 Å². The number of carbonyl (C=O) groups excluding carboxylic acids is 2. The predicted octanol–water partition coefficient (Wildman–Crippen LogP) is 2.73. The molecule has 0 N–H and O–H groups in total. The first kappa shape index (κ1) is 18.1. The third-order valence-corrected chi connectivity index (χ3v) is 4.17. The first-order valence-corrected chi connectivity index (χ1v) is 8.44. The number of likely N-dealkylation sites (N-methyl/N-ethyl adjacent to an activating group) is 1. The quantitative estimate of drug-likeness (QED) is 0.721. The summed E-state index contributed by atoms with van der Waals surface area (Å²) in [6, 6.07) is 6.07. The molecule has 0 fully saturated rings. The minimum atomic E-state index is -0.490. The predicted molar refractivity (Wildman–Crippen MR) is 89.0 cm³/mol. The second kappa shape index (κ2) is 8.54. The monoisotopic (exact) mass is 350 g/mol. The fourth-order valence-corrected chi connectivity index (χ4v) is 2.77. The van der Waals surface area contributed by atoms with E-state index in [1.54, 1.807) is 17.5 Å². The maximum Gasteiger partial charge on any atom is 0.312 e. The summed E-state index contributed by atoms with van der Waals surface area (Å²) in [5.41, 5.74) is 1.33. The molecule has 1 heterocycles. The molecular weight excluding hydrogens is 331 g/mol. The number of hydrogen-bond donors (Lipinski definition) is 0. The topological polar surface area (TPSA) is 59.5 Å². The highest BCUT2D eigenvalue weighted by Crippen LogP contribution is 2.10. The van der Waals surface area contributed by atoms with Crippen molar-refractivity contribution in [3.05, 3.63) is 51.7 Å². The van der Waals surface area contributed by atoms with Crippen LogP contribution in [0.5, 0.6) is 0 Å². The molecule has 0 aliphatic rings. The second-order valence-corrected chi connectivity index (χ2v) is 6.30. The number of aromatic nitrogens is 1. The van der Waals surface area contributed by atoms with Gasteiger partial charge < -0.3 is 9.64 Å². The van der Waals surface area contributed by atoms with Gasteiger partial charge in [-0.25, -0.2) is 9.37 Å². The number of carbonyl (C=O) groups is 2. The molecule has 0 radical (unpaired) electrons. The molecule has 0 saturated carbocycles. The first-order chi connectivity index (χ1) is 11.5. The fraction of sp³-hybridized carbons (Fsp3) is 0.353. The van der Waals surface area contributed by atoms with Crippen molar-refractivity contribution in [3.63, 3.8) is 0 Å². The molecule has 128 valence electrons. The molecule has 2 aromatic rings. The minimum absolute atomic E-state index is 0.0492. The van der Waals surface area contributed by atoms with Crippen LogP contribution in [0.3, 0.4) is 0 Å². The summed E-state index contributed by atoms with van der Waals surface area (Å²) in [4.78, 5) is 29.6. The standard InChI is InChI=1S/C17H19FN2O3S/c1-3-20(9-13-5-4-6-14(18)7-13)16(21)10-23-17(22)8-15-11-24-12(2)19-15/h4-7,11H,3,8-10H2,1-2H3. The van der Waals surface area contributed by atoms with Gasteiger partial charge in [-0.3, -0.25) is 9.59 Å². The summed E-state index contributed by atoms with van der Waals surface area (Å²) >= 11 is 1.46. The molecule has 24 heavy (non-hydrogen) atoms. The molecule has 1 aromatic heterocycles. The summed E-state index contributed by atoms with van der Waals surface area (Å²) in [6.07, 6.45) is 0.0492. The van der Waals surface area contributed by atoms with E-state index in [0.29, 0.717) is 17.8 Å². The Morgan fingerprint density at radius 1 is 1.38 bits per heavy atom. The Hall–Kier alpha value is -2.28. The first-order valence-electron chi connectivity index (χ1n) is 7.56. The summed E-state index contributed by atoms with van der Waals surface area (Å²) in [7, 11) is 0. The van der Waals surface area contributed by atoms with E-state index in [4.69, 9.17) is 4.74 Å². The van der Waals surface area contributed by atoms with Gasteiger partial charge in [0.25, 0.3) is 5.91 Å². The van der Waals surface area contributed by atoms with Crippen molar-refractivity contribution in [2.45, 2.75) is 26.8 Å². The molecule has 7 heteroatoms. The van der Waals surface area contributed by atoms with Crippen molar-refractivity contribution >= 4 is 23.2 Å². The number of esters is 1. The number of ether oxygens (including phenoxy) is 1. The zero-order valence-electron chi connectivity index (χ0n) is 13.6. The third kappa shape index (κ3) is 5.42. The van der Waals surface area contributed by atoms with E-state index >= 15 is 0 Å². The minimum Gasteiger partial charge on any atom is -0.455 e. The van der Waals surface area contributed by atoms with Crippen LogP contribution in [0.1, 0.15) is 23.2 Å². The lowest BCUT2D eigenvalue weighted by molar-refractivity contribution is -0.151. The van der Waals surface area contributed by atoms with Gasteiger partial charge in [-0.15, -0.1) is 11.3 Å². The van der Waals surface area contributed by atoms with Gasteiger partial charge in [-0.2, -0.15) is 0 Å². The van der Waals surface area contributed by atoms with E-state index in [9.17, 15) is 14.0 Å². The lowest BCUT2D eigenvalue weighted by Crippen LogP contribution is -2.34. The van der Waals surface area contributed by atoms with Gasteiger partial charge >= 0.3 is 5.97 Å². The highest BCUT2D eigenvalue weighted by Gasteiger charge is 2.16. The molecule has 0 aliphatic carbocycles. The van der Waals surface area contributed by atoms with E-state index < -0.39 is 5.97 Å². The molecule has 0 aliphatic heterocycles. The molecule has 0 saturated heterocycles. The van der Waals surface area contributed by atoms with Crippen LogP contribution in [-0.4, -0.2) is 34.9 Å². The van der Waals surface area contributed by atoms with Crippen LogP contribution in [0, 0.1) is 12.7 Å². The summed E-state index contributed by atoms with van der Waals surface area (Å²) in [5.74, 6) is -1.15. The SMILES string of the molecule is CCN(Cc1cccc(F)c1)C(=O)COC(=O)Cc1csc(C)n1. The van der Waals surface area contributed by atoms with Crippen LogP contribution in [0.25, 0.3) is 0 Å². The van der Waals surface area contributed by atoms with Crippen molar-refractivity contribution in [1.82, 2.24) is 9.88 Å². The van der Waals surface area contributed by atoms with Crippen molar-refractivity contribution in [2.75, 3.05) is 13.2 Å². The van der Waals surface area contributed by atoms with E-state index in [-0.39, 0.29) is 31.3 Å². The van der Waals surface area contributed by atoms with Crippen molar-refractivity contribution in [3.8, 4) is 0 Å². The summed E-state index contributed by atoms with van der Waals surface area (Å²) in [5, 5.41) is 2.67. The Kier molecular flexibility index (Phi) is 6.43. The summed E-state index contributed by atoms with van der Waals surface area (Å²) in [6.45, 7) is 4.06. The highest BCUT2D eigenvalue weighted by molar-refractivity contribution is 7.09. The van der Waals surface area contributed by atoms with Crippen LogP contribution in [0.15, 0.2) is 29.6 Å². The Bertz CT molecular complexity index is 717. The number of rotatable bonds is 7. The van der Waals surface area contributed by atoms with Gasteiger partial charge in [0.15, 0.2) is 6.61 Å². The maximum atomic E-state index is 13.2. The maximum absolute atomic E-state index is 13.2. The van der Waals surface area contributed by atoms with Gasteiger partial charge in [-0.05, 0) is 31.5 Å².